The lowest BCUT2D eigenvalue weighted by atomic mass is 10.2. The predicted octanol–water partition coefficient (Wildman–Crippen LogP) is 2.85. The fourth-order valence-corrected chi connectivity index (χ4v) is 1.77. The molecule has 0 aliphatic heterocycles. The minimum absolute atomic E-state index is 0.202. The molecule has 1 aromatic carbocycles. The molecule has 0 unspecified atom stereocenters. The second kappa shape index (κ2) is 7.38. The lowest BCUT2D eigenvalue weighted by Crippen LogP contribution is -2.38. The first-order valence-electron chi connectivity index (χ1n) is 7.29. The third kappa shape index (κ3) is 6.24. The topological polar surface area (TPSA) is 45.7 Å². The maximum absolute atomic E-state index is 12.1. The number of aliphatic imine (C=N–C) groups is 1. The fraction of sp³-hybridized carbons (Fsp3) is 0.533. The van der Waals surface area contributed by atoms with E-state index in [1.165, 1.54) is 12.1 Å². The molecule has 22 heavy (non-hydrogen) atoms. The second-order valence-corrected chi connectivity index (χ2v) is 5.16. The minimum Gasteiger partial charge on any atom is -0.484 e. The van der Waals surface area contributed by atoms with Crippen LogP contribution < -0.4 is 15.4 Å². The van der Waals surface area contributed by atoms with Crippen molar-refractivity contribution in [2.75, 3.05) is 13.2 Å². The smallest absolute Gasteiger partial charge is 0.422 e. The van der Waals surface area contributed by atoms with Crippen LogP contribution in [0.3, 0.4) is 0 Å². The van der Waals surface area contributed by atoms with Gasteiger partial charge >= 0.3 is 6.18 Å². The molecule has 0 spiro atoms. The van der Waals surface area contributed by atoms with E-state index in [4.69, 9.17) is 0 Å². The lowest BCUT2D eigenvalue weighted by molar-refractivity contribution is -0.153. The van der Waals surface area contributed by atoms with E-state index in [0.717, 1.165) is 30.9 Å². The normalized spacial score (nSPS) is 15.5. The van der Waals surface area contributed by atoms with Gasteiger partial charge in [0.2, 0.25) is 0 Å². The molecule has 0 aromatic heterocycles. The van der Waals surface area contributed by atoms with Crippen molar-refractivity contribution in [3.8, 4) is 5.75 Å². The molecule has 0 amide bonds. The molecule has 2 N–H and O–H groups in total. The van der Waals surface area contributed by atoms with E-state index in [9.17, 15) is 13.2 Å². The van der Waals surface area contributed by atoms with Gasteiger partial charge in [-0.2, -0.15) is 13.2 Å². The molecular formula is C15H20F3N3O. The number of nitrogens with one attached hydrogen (secondary N) is 2. The third-order valence-corrected chi connectivity index (χ3v) is 3.01. The van der Waals surface area contributed by atoms with Crippen LogP contribution in [0.1, 0.15) is 25.3 Å². The number of benzene rings is 1. The summed E-state index contributed by atoms with van der Waals surface area (Å²) in [5.74, 6) is 0.968. The van der Waals surface area contributed by atoms with E-state index >= 15 is 0 Å². The van der Waals surface area contributed by atoms with Crippen LogP contribution in [-0.2, 0) is 6.54 Å². The molecule has 0 heterocycles. The number of ether oxygens (including phenoxy) is 1. The van der Waals surface area contributed by atoms with Crippen molar-refractivity contribution in [3.05, 3.63) is 29.8 Å². The van der Waals surface area contributed by atoms with Gasteiger partial charge < -0.3 is 15.4 Å². The second-order valence-electron chi connectivity index (χ2n) is 5.16. The van der Waals surface area contributed by atoms with Crippen LogP contribution >= 0.6 is 0 Å². The van der Waals surface area contributed by atoms with Crippen LogP contribution in [-0.4, -0.2) is 31.3 Å². The first kappa shape index (κ1) is 16.5. The molecule has 0 saturated heterocycles. The SMILES string of the molecule is CCNC(=NCc1ccc(OCC(F)(F)F)cc1)NC1CC1. The Kier molecular flexibility index (Phi) is 5.51. The zero-order valence-electron chi connectivity index (χ0n) is 12.4. The quantitative estimate of drug-likeness (QED) is 0.627. The van der Waals surface area contributed by atoms with Crippen molar-refractivity contribution in [1.29, 1.82) is 0 Å². The Balaban J connectivity index is 1.86. The molecule has 122 valence electrons. The number of nitrogens with zero attached hydrogens (tertiary/aromatic N) is 1. The monoisotopic (exact) mass is 315 g/mol. The first-order chi connectivity index (χ1) is 10.5. The van der Waals surface area contributed by atoms with Crippen molar-refractivity contribution in [1.82, 2.24) is 10.6 Å². The maximum atomic E-state index is 12.1. The van der Waals surface area contributed by atoms with E-state index in [1.54, 1.807) is 12.1 Å². The Bertz CT molecular complexity index is 496. The van der Waals surface area contributed by atoms with E-state index in [1.807, 2.05) is 6.92 Å². The van der Waals surface area contributed by atoms with Crippen molar-refractivity contribution in [2.45, 2.75) is 38.5 Å². The Morgan fingerprint density at radius 3 is 2.50 bits per heavy atom. The summed E-state index contributed by atoms with van der Waals surface area (Å²) in [7, 11) is 0. The van der Waals surface area contributed by atoms with Crippen LogP contribution in [0.2, 0.25) is 0 Å². The molecule has 0 radical (unpaired) electrons. The van der Waals surface area contributed by atoms with Gasteiger partial charge in [-0.15, -0.1) is 0 Å². The molecule has 1 aliphatic rings. The summed E-state index contributed by atoms with van der Waals surface area (Å²) in [6.07, 6.45) is -2.00. The maximum Gasteiger partial charge on any atom is 0.422 e. The van der Waals surface area contributed by atoms with E-state index in [2.05, 4.69) is 20.4 Å². The number of alkyl halides is 3. The van der Waals surface area contributed by atoms with E-state index in [0.29, 0.717) is 12.6 Å². The van der Waals surface area contributed by atoms with Crippen molar-refractivity contribution >= 4 is 5.96 Å². The summed E-state index contributed by atoms with van der Waals surface area (Å²) >= 11 is 0. The van der Waals surface area contributed by atoms with Gasteiger partial charge in [0.25, 0.3) is 0 Å². The van der Waals surface area contributed by atoms with Gasteiger partial charge in [0.15, 0.2) is 12.6 Å². The highest BCUT2D eigenvalue weighted by Crippen LogP contribution is 2.20. The summed E-state index contributed by atoms with van der Waals surface area (Å²) < 4.78 is 40.8. The first-order valence-corrected chi connectivity index (χ1v) is 7.29. The van der Waals surface area contributed by atoms with Gasteiger partial charge in [-0.05, 0) is 37.5 Å². The number of rotatable bonds is 6. The summed E-state index contributed by atoms with van der Waals surface area (Å²) in [6.45, 7) is 1.96. The predicted molar refractivity (Wildman–Crippen MR) is 79.0 cm³/mol. The Morgan fingerprint density at radius 2 is 1.95 bits per heavy atom. The van der Waals surface area contributed by atoms with E-state index < -0.39 is 12.8 Å². The summed E-state index contributed by atoms with van der Waals surface area (Å²) in [5, 5.41) is 6.46. The average molecular weight is 315 g/mol. The van der Waals surface area contributed by atoms with Crippen molar-refractivity contribution < 1.29 is 17.9 Å². The Morgan fingerprint density at radius 1 is 1.27 bits per heavy atom. The van der Waals surface area contributed by atoms with Gasteiger partial charge in [0, 0.05) is 12.6 Å². The van der Waals surface area contributed by atoms with Gasteiger partial charge in [-0.1, -0.05) is 12.1 Å². The van der Waals surface area contributed by atoms with Gasteiger partial charge in [-0.25, -0.2) is 4.99 Å². The molecule has 1 saturated carbocycles. The lowest BCUT2D eigenvalue weighted by Gasteiger charge is -2.11. The third-order valence-electron chi connectivity index (χ3n) is 3.01. The molecular weight excluding hydrogens is 295 g/mol. The zero-order valence-corrected chi connectivity index (χ0v) is 12.4. The van der Waals surface area contributed by atoms with Crippen molar-refractivity contribution in [3.63, 3.8) is 0 Å². The summed E-state index contributed by atoms with van der Waals surface area (Å²) in [5.41, 5.74) is 0.910. The fourth-order valence-electron chi connectivity index (χ4n) is 1.77. The highest BCUT2D eigenvalue weighted by molar-refractivity contribution is 5.80. The van der Waals surface area contributed by atoms with Crippen LogP contribution in [0.4, 0.5) is 13.2 Å². The van der Waals surface area contributed by atoms with Gasteiger partial charge in [0.1, 0.15) is 5.75 Å². The summed E-state index contributed by atoms with van der Waals surface area (Å²) in [6, 6.07) is 7.00. The zero-order chi connectivity index (χ0) is 16.0. The minimum atomic E-state index is -4.32. The molecule has 4 nitrogen and oxygen atoms in total. The van der Waals surface area contributed by atoms with Crippen LogP contribution in [0.15, 0.2) is 29.3 Å². The van der Waals surface area contributed by atoms with Gasteiger partial charge in [-0.3, -0.25) is 0 Å². The molecule has 7 heteroatoms. The van der Waals surface area contributed by atoms with Gasteiger partial charge in [0.05, 0.1) is 6.54 Å². The largest absolute Gasteiger partial charge is 0.484 e. The van der Waals surface area contributed by atoms with Crippen LogP contribution in [0.25, 0.3) is 0 Å². The number of halogens is 3. The van der Waals surface area contributed by atoms with Crippen LogP contribution in [0.5, 0.6) is 5.75 Å². The molecule has 1 aliphatic carbocycles. The van der Waals surface area contributed by atoms with Crippen molar-refractivity contribution in [2.24, 2.45) is 4.99 Å². The summed E-state index contributed by atoms with van der Waals surface area (Å²) in [4.78, 5) is 4.45. The molecule has 0 atom stereocenters. The average Bonchev–Trinajstić information content (AvgIpc) is 3.27. The molecule has 1 fully saturated rings. The number of guanidine groups is 1. The number of hydrogen-bond donors (Lipinski definition) is 2. The molecule has 2 rings (SSSR count). The molecule has 0 bridgehead atoms. The molecule has 1 aromatic rings. The van der Waals surface area contributed by atoms with E-state index in [-0.39, 0.29) is 5.75 Å². The number of hydrogen-bond acceptors (Lipinski definition) is 2. The Hall–Kier alpha value is -1.92. The van der Waals surface area contributed by atoms with Crippen LogP contribution in [0, 0.1) is 0 Å². The highest BCUT2D eigenvalue weighted by atomic mass is 19.4. The standard InChI is InChI=1S/C15H20F3N3O/c1-2-19-14(21-12-5-6-12)20-9-11-3-7-13(8-4-11)22-10-15(16,17)18/h3-4,7-8,12H,2,5-6,9-10H2,1H3,(H2,19,20,21). The highest BCUT2D eigenvalue weighted by Gasteiger charge is 2.28. The Labute approximate surface area is 127 Å².